The summed E-state index contributed by atoms with van der Waals surface area (Å²) in [5.41, 5.74) is 5.88. The second kappa shape index (κ2) is 14.9. The molecule has 3 heterocycles. The molecule has 0 fully saturated rings. The van der Waals surface area contributed by atoms with E-state index in [4.69, 9.17) is 8.53 Å². The van der Waals surface area contributed by atoms with Crippen LogP contribution in [0.3, 0.4) is 0 Å². The van der Waals surface area contributed by atoms with Gasteiger partial charge >= 0.3 is 0 Å². The van der Waals surface area contributed by atoms with Gasteiger partial charge in [0.05, 0.1) is 11.3 Å². The number of hydrogen-bond donors (Lipinski definition) is 1. The third kappa shape index (κ3) is 8.97. The van der Waals surface area contributed by atoms with Crippen LogP contribution in [-0.2, 0) is 30.3 Å². The topological polar surface area (TPSA) is 76.2 Å². The first-order valence-corrected chi connectivity index (χ1v) is 14.8. The smallest absolute Gasteiger partial charge is 0.216 e. The van der Waals surface area contributed by atoms with Crippen LogP contribution in [0.1, 0.15) is 76.7 Å². The van der Waals surface area contributed by atoms with E-state index in [1.54, 1.807) is 12.3 Å². The molecule has 6 heteroatoms. The van der Waals surface area contributed by atoms with Crippen LogP contribution < -0.4 is 0 Å². The Kier molecular flexibility index (Phi) is 10.3. The van der Waals surface area contributed by atoms with Crippen molar-refractivity contribution in [1.29, 1.82) is 0 Å². The third-order valence-electron chi connectivity index (χ3n) is 6.95. The SMILES string of the molecule is CC(C)CC(=O)/C=C(\O)CC(C)C.[2H]C([2H])([2H])c1ccc2c(n1)oc1c(-c3cc(-c4ccc(C(C)(C)C)cc4)ccn3)[c-]ccc12.[Ir]. The molecule has 44 heavy (non-hydrogen) atoms. The predicted molar refractivity (Wildman–Crippen MR) is 177 cm³/mol. The van der Waals surface area contributed by atoms with Gasteiger partial charge in [-0.05, 0) is 64.7 Å². The van der Waals surface area contributed by atoms with Crippen LogP contribution in [0.25, 0.3) is 44.5 Å². The monoisotopic (exact) mass is 771 g/mol. The standard InChI is InChI=1S/C27H23N2O.C11H20O2.Ir/c1-17-8-13-22-21-6-5-7-23(25(21)30-26(22)29-17)24-16-19(14-15-28-24)18-9-11-20(12-10-18)27(2,3)4;1-8(2)5-10(12)7-11(13)6-9(3)4;/h5-6,8-16H,1-4H3;7-9,12H,5-6H2,1-4H3;/q-1;;/b;10-7-;/i1D3;;. The van der Waals surface area contributed by atoms with E-state index in [2.05, 4.69) is 61.1 Å². The van der Waals surface area contributed by atoms with Crippen molar-refractivity contribution in [3.8, 4) is 22.4 Å². The molecule has 1 N–H and O–H groups in total. The summed E-state index contributed by atoms with van der Waals surface area (Å²) in [7, 11) is 0. The number of aryl methyl sites for hydroxylation is 1. The van der Waals surface area contributed by atoms with E-state index in [1.807, 2.05) is 52.0 Å². The van der Waals surface area contributed by atoms with E-state index < -0.39 is 6.85 Å². The van der Waals surface area contributed by atoms with Crippen molar-refractivity contribution in [1.82, 2.24) is 9.97 Å². The van der Waals surface area contributed by atoms with Crippen molar-refractivity contribution in [3.63, 3.8) is 0 Å². The van der Waals surface area contributed by atoms with Gasteiger partial charge in [-0.2, -0.15) is 0 Å². The minimum Gasteiger partial charge on any atom is -0.512 e. The number of nitrogens with zero attached hydrogens (tertiary/aromatic N) is 2. The van der Waals surface area contributed by atoms with E-state index in [-0.39, 0.29) is 42.8 Å². The van der Waals surface area contributed by atoms with Crippen LogP contribution in [0, 0.1) is 24.8 Å². The molecule has 0 bridgehead atoms. The molecule has 5 rings (SSSR count). The number of ketones is 1. The van der Waals surface area contributed by atoms with E-state index >= 15 is 0 Å². The Labute approximate surface area is 279 Å². The van der Waals surface area contributed by atoms with Crippen molar-refractivity contribution in [2.24, 2.45) is 11.8 Å². The summed E-state index contributed by atoms with van der Waals surface area (Å²) in [6, 6.07) is 22.8. The first-order chi connectivity index (χ1) is 21.5. The molecule has 0 aliphatic carbocycles. The normalized spacial score (nSPS) is 13.2. The number of furan rings is 1. The van der Waals surface area contributed by atoms with Crippen molar-refractivity contribution in [2.45, 2.75) is 73.6 Å². The summed E-state index contributed by atoms with van der Waals surface area (Å²) >= 11 is 0. The number of hydrogen-bond acceptors (Lipinski definition) is 5. The van der Waals surface area contributed by atoms with Gasteiger partial charge in [0.15, 0.2) is 5.78 Å². The molecule has 0 saturated heterocycles. The maximum atomic E-state index is 11.2. The fraction of sp³-hybridized carbons (Fsp3) is 0.342. The van der Waals surface area contributed by atoms with E-state index in [0.717, 1.165) is 27.6 Å². The predicted octanol–water partition coefficient (Wildman–Crippen LogP) is 10.2. The van der Waals surface area contributed by atoms with E-state index in [0.29, 0.717) is 41.5 Å². The average molecular weight is 771 g/mol. The summed E-state index contributed by atoms with van der Waals surface area (Å²) in [5.74, 6) is 0.979. The van der Waals surface area contributed by atoms with Gasteiger partial charge < -0.3 is 14.5 Å². The van der Waals surface area contributed by atoms with Crippen molar-refractivity contribution in [3.05, 3.63) is 96.0 Å². The van der Waals surface area contributed by atoms with Crippen LogP contribution in [0.2, 0.25) is 0 Å². The zero-order chi connectivity index (χ0) is 33.8. The first kappa shape index (κ1) is 30.4. The summed E-state index contributed by atoms with van der Waals surface area (Å²) in [5, 5.41) is 11.0. The molecular weight excluding hydrogens is 725 g/mol. The molecule has 0 aliphatic heterocycles. The van der Waals surface area contributed by atoms with Crippen LogP contribution in [0.15, 0.2) is 83.1 Å². The first-order valence-electron chi connectivity index (χ1n) is 16.3. The summed E-state index contributed by atoms with van der Waals surface area (Å²) in [6.07, 6.45) is 4.24. The Bertz CT molecular complexity index is 1850. The van der Waals surface area contributed by atoms with Crippen LogP contribution >= 0.6 is 0 Å². The number of aliphatic hydroxyl groups is 1. The fourth-order valence-electron chi connectivity index (χ4n) is 4.85. The molecule has 0 aliphatic rings. The molecule has 5 nitrogen and oxygen atoms in total. The average Bonchev–Trinajstić information content (AvgIpc) is 3.34. The number of rotatable bonds is 7. The van der Waals surface area contributed by atoms with Crippen molar-refractivity contribution in [2.75, 3.05) is 0 Å². The van der Waals surface area contributed by atoms with Gasteiger partial charge in [-0.1, -0.05) is 89.7 Å². The van der Waals surface area contributed by atoms with Gasteiger partial charge in [0.25, 0.3) is 0 Å². The van der Waals surface area contributed by atoms with Crippen LogP contribution in [0.4, 0.5) is 0 Å². The molecule has 0 atom stereocenters. The van der Waals surface area contributed by atoms with Crippen molar-refractivity contribution >= 4 is 27.9 Å². The second-order valence-electron chi connectivity index (χ2n) is 12.8. The Hall–Kier alpha value is -3.60. The zero-order valence-corrected chi connectivity index (χ0v) is 28.9. The maximum Gasteiger partial charge on any atom is 0.216 e. The van der Waals surface area contributed by atoms with Gasteiger partial charge in [0, 0.05) is 60.4 Å². The van der Waals surface area contributed by atoms with Gasteiger partial charge in [-0.3, -0.25) is 4.79 Å². The molecule has 2 aromatic carbocycles. The van der Waals surface area contributed by atoms with E-state index in [9.17, 15) is 9.90 Å². The summed E-state index contributed by atoms with van der Waals surface area (Å²) in [6.45, 7) is 12.3. The second-order valence-corrected chi connectivity index (χ2v) is 12.8. The Morgan fingerprint density at radius 3 is 2.32 bits per heavy atom. The quantitative estimate of drug-likeness (QED) is 0.101. The Morgan fingerprint density at radius 1 is 0.977 bits per heavy atom. The van der Waals surface area contributed by atoms with Gasteiger partial charge in [-0.15, -0.1) is 18.2 Å². The number of carbonyl (C=O) groups is 1. The Balaban J connectivity index is 0.000000367. The number of benzene rings is 2. The Morgan fingerprint density at radius 2 is 1.68 bits per heavy atom. The molecule has 0 unspecified atom stereocenters. The van der Waals surface area contributed by atoms with Gasteiger partial charge in [0.2, 0.25) is 5.71 Å². The van der Waals surface area contributed by atoms with Gasteiger partial charge in [0.1, 0.15) is 0 Å². The molecule has 0 amide bonds. The molecule has 233 valence electrons. The van der Waals surface area contributed by atoms with E-state index in [1.165, 1.54) is 17.7 Å². The fourth-order valence-corrected chi connectivity index (χ4v) is 4.85. The molecule has 0 spiro atoms. The molecule has 1 radical (unpaired) electrons. The minimum atomic E-state index is -2.29. The van der Waals surface area contributed by atoms with Crippen LogP contribution in [0.5, 0.6) is 0 Å². The van der Waals surface area contributed by atoms with Gasteiger partial charge in [-0.25, -0.2) is 4.98 Å². The minimum absolute atomic E-state index is 0. The molecule has 0 saturated carbocycles. The largest absolute Gasteiger partial charge is 0.512 e. The molecule has 5 aromatic rings. The number of pyridine rings is 2. The zero-order valence-electron chi connectivity index (χ0n) is 29.5. The number of carbonyl (C=O) groups excluding carboxylic acids is 1. The number of aliphatic hydroxyl groups excluding tert-OH is 1. The molecular formula is C38H43IrN2O3-. The number of fused-ring (bicyclic) bond motifs is 3. The summed E-state index contributed by atoms with van der Waals surface area (Å²) in [4.78, 5) is 20.0. The number of allylic oxidation sites excluding steroid dienone is 2. The molecule has 3 aromatic heterocycles. The number of aromatic nitrogens is 2. The summed E-state index contributed by atoms with van der Waals surface area (Å²) < 4.78 is 28.9. The third-order valence-corrected chi connectivity index (χ3v) is 6.95. The van der Waals surface area contributed by atoms with Crippen LogP contribution in [-0.4, -0.2) is 20.9 Å². The maximum absolute atomic E-state index is 11.2. The van der Waals surface area contributed by atoms with Crippen molar-refractivity contribution < 1.29 is 38.5 Å².